The van der Waals surface area contributed by atoms with E-state index in [-0.39, 0.29) is 11.2 Å². The fourth-order valence-electron chi connectivity index (χ4n) is 2.03. The van der Waals surface area contributed by atoms with Gasteiger partial charge in [-0.15, -0.1) is 11.8 Å². The molecule has 1 aromatic rings. The molecular formula is C17H27NO2S. The van der Waals surface area contributed by atoms with Gasteiger partial charge in [0.25, 0.3) is 0 Å². The highest BCUT2D eigenvalue weighted by Gasteiger charge is 2.19. The Hall–Kier alpha value is -1.00. The van der Waals surface area contributed by atoms with Crippen molar-refractivity contribution in [1.82, 2.24) is 5.32 Å². The van der Waals surface area contributed by atoms with Crippen molar-refractivity contribution < 1.29 is 9.53 Å². The quantitative estimate of drug-likeness (QED) is 0.548. The lowest BCUT2D eigenvalue weighted by atomic mass is 10.1. The summed E-state index contributed by atoms with van der Waals surface area (Å²) in [5.74, 6) is -0.118. The Morgan fingerprint density at radius 1 is 1.33 bits per heavy atom. The van der Waals surface area contributed by atoms with Gasteiger partial charge in [-0.1, -0.05) is 26.0 Å². The number of nitrogens with one attached hydrogen (secondary N) is 1. The van der Waals surface area contributed by atoms with Crippen LogP contribution in [0.5, 0.6) is 0 Å². The van der Waals surface area contributed by atoms with E-state index in [4.69, 9.17) is 4.74 Å². The van der Waals surface area contributed by atoms with Gasteiger partial charge in [-0.2, -0.15) is 0 Å². The number of hydrogen-bond donors (Lipinski definition) is 1. The van der Waals surface area contributed by atoms with Crippen LogP contribution in [-0.2, 0) is 9.53 Å². The van der Waals surface area contributed by atoms with Crippen molar-refractivity contribution >= 4 is 17.7 Å². The second kappa shape index (κ2) is 9.85. The van der Waals surface area contributed by atoms with Gasteiger partial charge < -0.3 is 10.1 Å². The summed E-state index contributed by atoms with van der Waals surface area (Å²) < 4.78 is 5.13. The van der Waals surface area contributed by atoms with Crippen LogP contribution in [0.25, 0.3) is 0 Å². The van der Waals surface area contributed by atoms with Crippen LogP contribution in [0.15, 0.2) is 29.2 Å². The summed E-state index contributed by atoms with van der Waals surface area (Å²) in [6.07, 6.45) is 1.90. The molecule has 0 saturated heterocycles. The lowest BCUT2D eigenvalue weighted by Gasteiger charge is -2.16. The van der Waals surface area contributed by atoms with Crippen molar-refractivity contribution in [1.29, 1.82) is 0 Å². The Morgan fingerprint density at radius 3 is 2.71 bits per heavy atom. The molecule has 1 rings (SSSR count). The summed E-state index contributed by atoms with van der Waals surface area (Å²) in [5, 5.41) is 3.36. The molecule has 0 aromatic heterocycles. The number of rotatable bonds is 9. The van der Waals surface area contributed by atoms with E-state index >= 15 is 0 Å². The van der Waals surface area contributed by atoms with Crippen LogP contribution in [0.1, 0.15) is 52.1 Å². The first kappa shape index (κ1) is 18.1. The summed E-state index contributed by atoms with van der Waals surface area (Å²) in [5.41, 5.74) is 1.26. The van der Waals surface area contributed by atoms with Crippen LogP contribution >= 0.6 is 11.8 Å². The van der Waals surface area contributed by atoms with Gasteiger partial charge in [0, 0.05) is 10.9 Å². The number of hydrogen-bond acceptors (Lipinski definition) is 4. The summed E-state index contributed by atoms with van der Waals surface area (Å²) >= 11 is 1.59. The van der Waals surface area contributed by atoms with E-state index in [1.807, 2.05) is 13.8 Å². The number of carbonyl (C=O) groups is 1. The largest absolute Gasteiger partial charge is 0.465 e. The van der Waals surface area contributed by atoms with Gasteiger partial charge in [0.1, 0.15) is 5.25 Å². The summed E-state index contributed by atoms with van der Waals surface area (Å²) in [6.45, 7) is 9.65. The third-order valence-corrected chi connectivity index (χ3v) is 4.59. The third kappa shape index (κ3) is 6.10. The fourth-order valence-corrected chi connectivity index (χ4v) is 3.05. The second-order valence-electron chi connectivity index (χ2n) is 5.02. The molecule has 0 heterocycles. The molecule has 1 N–H and O–H groups in total. The molecule has 21 heavy (non-hydrogen) atoms. The molecule has 4 heteroatoms. The van der Waals surface area contributed by atoms with Crippen LogP contribution < -0.4 is 5.32 Å². The summed E-state index contributed by atoms with van der Waals surface area (Å²) in [4.78, 5) is 13.0. The minimum absolute atomic E-state index is 0.118. The van der Waals surface area contributed by atoms with Crippen molar-refractivity contribution in [2.75, 3.05) is 13.2 Å². The smallest absolute Gasteiger partial charge is 0.319 e. The Balaban J connectivity index is 2.72. The molecule has 118 valence electrons. The molecule has 0 aliphatic heterocycles. The fraction of sp³-hybridized carbons (Fsp3) is 0.588. The van der Waals surface area contributed by atoms with Gasteiger partial charge in [-0.25, -0.2) is 0 Å². The predicted molar refractivity (Wildman–Crippen MR) is 89.7 cm³/mol. The third-order valence-electron chi connectivity index (χ3n) is 3.26. The van der Waals surface area contributed by atoms with E-state index in [0.717, 1.165) is 24.3 Å². The second-order valence-corrected chi connectivity index (χ2v) is 6.29. The van der Waals surface area contributed by atoms with Gasteiger partial charge in [0.05, 0.1) is 6.61 Å². The highest BCUT2D eigenvalue weighted by Crippen LogP contribution is 2.28. The first-order chi connectivity index (χ1) is 10.1. The summed E-state index contributed by atoms with van der Waals surface area (Å²) in [6, 6.07) is 8.73. The number of benzene rings is 1. The minimum Gasteiger partial charge on any atom is -0.465 e. The van der Waals surface area contributed by atoms with E-state index in [9.17, 15) is 4.79 Å². The zero-order chi connectivity index (χ0) is 15.7. The molecule has 0 aliphatic carbocycles. The average Bonchev–Trinajstić information content (AvgIpc) is 2.50. The van der Waals surface area contributed by atoms with Crippen molar-refractivity contribution in [3.8, 4) is 0 Å². The van der Waals surface area contributed by atoms with Crippen LogP contribution in [0, 0.1) is 0 Å². The van der Waals surface area contributed by atoms with Gasteiger partial charge in [0.15, 0.2) is 0 Å². The Morgan fingerprint density at radius 2 is 2.10 bits per heavy atom. The lowest BCUT2D eigenvalue weighted by molar-refractivity contribution is -0.142. The number of carbonyl (C=O) groups excluding carboxylic acids is 1. The lowest BCUT2D eigenvalue weighted by Crippen LogP contribution is -2.20. The molecule has 2 unspecified atom stereocenters. The van der Waals surface area contributed by atoms with Gasteiger partial charge >= 0.3 is 5.97 Å². The molecule has 0 aliphatic rings. The van der Waals surface area contributed by atoms with Crippen LogP contribution in [-0.4, -0.2) is 24.4 Å². The van der Waals surface area contributed by atoms with Gasteiger partial charge in [-0.3, -0.25) is 4.79 Å². The van der Waals surface area contributed by atoms with Crippen molar-refractivity contribution in [3.63, 3.8) is 0 Å². The maximum Gasteiger partial charge on any atom is 0.319 e. The van der Waals surface area contributed by atoms with E-state index in [1.54, 1.807) is 11.8 Å². The molecule has 0 spiro atoms. The van der Waals surface area contributed by atoms with Crippen molar-refractivity contribution in [2.45, 2.75) is 56.7 Å². The molecule has 0 bridgehead atoms. The molecular weight excluding hydrogens is 282 g/mol. The van der Waals surface area contributed by atoms with E-state index in [2.05, 4.69) is 43.4 Å². The first-order valence-corrected chi connectivity index (χ1v) is 8.66. The number of ether oxygens (including phenoxy) is 1. The van der Waals surface area contributed by atoms with Crippen LogP contribution in [0.2, 0.25) is 0 Å². The SMILES string of the molecule is CCCNC(C)c1cccc(SC(CC)C(=O)OCC)c1. The Kier molecular flexibility index (Phi) is 8.47. The average molecular weight is 309 g/mol. The van der Waals surface area contributed by atoms with Gasteiger partial charge in [0.2, 0.25) is 0 Å². The molecule has 0 fully saturated rings. The minimum atomic E-state index is -0.126. The monoisotopic (exact) mass is 309 g/mol. The van der Waals surface area contributed by atoms with E-state index < -0.39 is 0 Å². The summed E-state index contributed by atoms with van der Waals surface area (Å²) in [7, 11) is 0. The molecule has 0 amide bonds. The van der Waals surface area contributed by atoms with E-state index in [0.29, 0.717) is 12.6 Å². The normalized spacial score (nSPS) is 13.7. The molecule has 0 saturated carbocycles. The predicted octanol–water partition coefficient (Wildman–Crippen LogP) is 4.18. The standard InChI is InChI=1S/C17H27NO2S/c1-5-11-18-13(4)14-9-8-10-15(12-14)21-16(6-2)17(19)20-7-3/h8-10,12-13,16,18H,5-7,11H2,1-4H3. The van der Waals surface area contributed by atoms with Crippen molar-refractivity contribution in [3.05, 3.63) is 29.8 Å². The first-order valence-electron chi connectivity index (χ1n) is 7.78. The van der Waals surface area contributed by atoms with Crippen LogP contribution in [0.3, 0.4) is 0 Å². The Bertz CT molecular complexity index is 437. The zero-order valence-corrected chi connectivity index (χ0v) is 14.3. The van der Waals surface area contributed by atoms with Gasteiger partial charge in [-0.05, 0) is 50.9 Å². The topological polar surface area (TPSA) is 38.3 Å². The van der Waals surface area contributed by atoms with Crippen LogP contribution in [0.4, 0.5) is 0 Å². The zero-order valence-electron chi connectivity index (χ0n) is 13.5. The highest BCUT2D eigenvalue weighted by molar-refractivity contribution is 8.00. The number of thioether (sulfide) groups is 1. The molecule has 0 radical (unpaired) electrons. The maximum absolute atomic E-state index is 11.9. The molecule has 3 nitrogen and oxygen atoms in total. The molecule has 1 aromatic carbocycles. The number of esters is 1. The maximum atomic E-state index is 11.9. The molecule has 2 atom stereocenters. The van der Waals surface area contributed by atoms with E-state index in [1.165, 1.54) is 5.56 Å². The Labute approximate surface area is 132 Å². The van der Waals surface area contributed by atoms with Crippen molar-refractivity contribution in [2.24, 2.45) is 0 Å². The highest BCUT2D eigenvalue weighted by atomic mass is 32.2.